The lowest BCUT2D eigenvalue weighted by molar-refractivity contribution is 0.283. The first-order chi connectivity index (χ1) is 9.39. The highest BCUT2D eigenvalue weighted by Gasteiger charge is 2.27. The molecule has 0 amide bonds. The van der Waals surface area contributed by atoms with Crippen LogP contribution in [0.5, 0.6) is 5.75 Å². The summed E-state index contributed by atoms with van der Waals surface area (Å²) in [6, 6.07) is 8.45. The molecule has 0 radical (unpaired) electrons. The zero-order chi connectivity index (χ0) is 14.6. The topological polar surface area (TPSA) is 33.3 Å². The average molecular weight is 276 g/mol. The molecule has 1 heterocycles. The van der Waals surface area contributed by atoms with E-state index in [0.717, 1.165) is 25.4 Å². The van der Waals surface area contributed by atoms with Crippen LogP contribution in [-0.4, -0.2) is 31.8 Å². The Morgan fingerprint density at radius 3 is 2.50 bits per heavy atom. The zero-order valence-electron chi connectivity index (χ0n) is 13.3. The van der Waals surface area contributed by atoms with Gasteiger partial charge in [-0.1, -0.05) is 32.9 Å². The van der Waals surface area contributed by atoms with Crippen LogP contribution in [0.15, 0.2) is 24.3 Å². The van der Waals surface area contributed by atoms with Crippen LogP contribution in [0.25, 0.3) is 0 Å². The predicted molar refractivity (Wildman–Crippen MR) is 84.5 cm³/mol. The van der Waals surface area contributed by atoms with Crippen molar-refractivity contribution in [3.8, 4) is 5.75 Å². The van der Waals surface area contributed by atoms with Crippen molar-refractivity contribution in [3.05, 3.63) is 29.8 Å². The Labute approximate surface area is 123 Å². The Hall–Kier alpha value is -1.06. The second kappa shape index (κ2) is 6.15. The smallest absolute Gasteiger partial charge is 0.119 e. The van der Waals surface area contributed by atoms with Gasteiger partial charge in [-0.25, -0.2) is 0 Å². The molecule has 1 aliphatic rings. The fourth-order valence-corrected chi connectivity index (χ4v) is 2.54. The van der Waals surface area contributed by atoms with Gasteiger partial charge in [-0.2, -0.15) is 0 Å². The number of nitrogens with one attached hydrogen (secondary N) is 2. The van der Waals surface area contributed by atoms with Crippen LogP contribution < -0.4 is 15.4 Å². The molecule has 0 spiro atoms. The first-order valence-electron chi connectivity index (χ1n) is 7.58. The van der Waals surface area contributed by atoms with Crippen molar-refractivity contribution in [2.75, 3.05) is 26.2 Å². The molecule has 1 aromatic rings. The molecule has 1 saturated heterocycles. The lowest BCUT2D eigenvalue weighted by atomic mass is 9.87. The first kappa shape index (κ1) is 15.3. The predicted octanol–water partition coefficient (Wildman–Crippen LogP) is 2.70. The van der Waals surface area contributed by atoms with Crippen molar-refractivity contribution in [1.29, 1.82) is 0 Å². The van der Waals surface area contributed by atoms with E-state index in [1.165, 1.54) is 12.0 Å². The van der Waals surface area contributed by atoms with Crippen LogP contribution in [-0.2, 0) is 5.41 Å². The third-order valence-electron chi connectivity index (χ3n) is 4.01. The van der Waals surface area contributed by atoms with Crippen molar-refractivity contribution in [2.45, 2.75) is 45.1 Å². The summed E-state index contributed by atoms with van der Waals surface area (Å²) in [4.78, 5) is 0. The van der Waals surface area contributed by atoms with E-state index >= 15 is 0 Å². The molecular formula is C17H28N2O. The quantitative estimate of drug-likeness (QED) is 0.811. The monoisotopic (exact) mass is 276 g/mol. The van der Waals surface area contributed by atoms with Gasteiger partial charge in [-0.3, -0.25) is 0 Å². The van der Waals surface area contributed by atoms with E-state index in [2.05, 4.69) is 62.6 Å². The van der Waals surface area contributed by atoms with Gasteiger partial charge in [0.2, 0.25) is 0 Å². The lowest BCUT2D eigenvalue weighted by Crippen LogP contribution is -2.45. The van der Waals surface area contributed by atoms with Gasteiger partial charge in [0.15, 0.2) is 0 Å². The molecular weight excluding hydrogens is 248 g/mol. The summed E-state index contributed by atoms with van der Waals surface area (Å²) in [6.07, 6.45) is 1.19. The summed E-state index contributed by atoms with van der Waals surface area (Å²) in [5.41, 5.74) is 1.77. The standard InChI is InChI=1S/C17H28N2O/c1-16(2,3)14-5-7-15(8-6-14)20-12-11-19-17(4)9-10-18-13-17/h5-8,18-19H,9-13H2,1-4H3. The van der Waals surface area contributed by atoms with Crippen molar-refractivity contribution in [1.82, 2.24) is 10.6 Å². The molecule has 1 aliphatic heterocycles. The summed E-state index contributed by atoms with van der Waals surface area (Å²) in [7, 11) is 0. The number of ether oxygens (including phenoxy) is 1. The van der Waals surface area contributed by atoms with Gasteiger partial charge in [-0.15, -0.1) is 0 Å². The largest absolute Gasteiger partial charge is 0.492 e. The van der Waals surface area contributed by atoms with E-state index in [1.54, 1.807) is 0 Å². The third kappa shape index (κ3) is 4.22. The Bertz CT molecular complexity index is 414. The second-order valence-corrected chi connectivity index (χ2v) is 7.04. The van der Waals surface area contributed by atoms with Gasteiger partial charge in [0.1, 0.15) is 12.4 Å². The van der Waals surface area contributed by atoms with E-state index in [1.807, 2.05) is 0 Å². The Morgan fingerprint density at radius 2 is 1.95 bits per heavy atom. The number of benzene rings is 1. The van der Waals surface area contributed by atoms with Gasteiger partial charge in [0.05, 0.1) is 0 Å². The maximum Gasteiger partial charge on any atom is 0.119 e. The van der Waals surface area contributed by atoms with Crippen LogP contribution in [0.3, 0.4) is 0 Å². The minimum absolute atomic E-state index is 0.199. The summed E-state index contributed by atoms with van der Waals surface area (Å²) in [6.45, 7) is 12.7. The van der Waals surface area contributed by atoms with E-state index in [0.29, 0.717) is 6.61 Å². The van der Waals surface area contributed by atoms with Crippen molar-refractivity contribution in [2.24, 2.45) is 0 Å². The highest BCUT2D eigenvalue weighted by Crippen LogP contribution is 2.24. The maximum absolute atomic E-state index is 5.80. The van der Waals surface area contributed by atoms with Gasteiger partial charge < -0.3 is 15.4 Å². The number of hydrogen-bond acceptors (Lipinski definition) is 3. The molecule has 20 heavy (non-hydrogen) atoms. The Morgan fingerprint density at radius 1 is 1.25 bits per heavy atom. The molecule has 3 nitrogen and oxygen atoms in total. The molecule has 1 aromatic carbocycles. The van der Waals surface area contributed by atoms with Gasteiger partial charge in [-0.05, 0) is 43.0 Å². The average Bonchev–Trinajstić information content (AvgIpc) is 2.82. The van der Waals surface area contributed by atoms with Crippen LogP contribution in [0.4, 0.5) is 0 Å². The fourth-order valence-electron chi connectivity index (χ4n) is 2.54. The summed E-state index contributed by atoms with van der Waals surface area (Å²) >= 11 is 0. The highest BCUT2D eigenvalue weighted by atomic mass is 16.5. The molecule has 0 aromatic heterocycles. The van der Waals surface area contributed by atoms with E-state index in [9.17, 15) is 0 Å². The van der Waals surface area contributed by atoms with Crippen LogP contribution in [0.1, 0.15) is 39.7 Å². The molecule has 1 fully saturated rings. The second-order valence-electron chi connectivity index (χ2n) is 7.04. The van der Waals surface area contributed by atoms with Gasteiger partial charge >= 0.3 is 0 Å². The minimum Gasteiger partial charge on any atom is -0.492 e. The van der Waals surface area contributed by atoms with Gasteiger partial charge in [0.25, 0.3) is 0 Å². The molecule has 0 bridgehead atoms. The highest BCUT2D eigenvalue weighted by molar-refractivity contribution is 5.31. The number of hydrogen-bond donors (Lipinski definition) is 2. The number of rotatable bonds is 5. The molecule has 2 N–H and O–H groups in total. The SMILES string of the molecule is CC1(NCCOc2ccc(C(C)(C)C)cc2)CCNC1. The molecule has 0 saturated carbocycles. The summed E-state index contributed by atoms with van der Waals surface area (Å²) < 4.78 is 5.80. The van der Waals surface area contributed by atoms with Gasteiger partial charge in [0, 0.05) is 18.6 Å². The molecule has 1 unspecified atom stereocenters. The first-order valence-corrected chi connectivity index (χ1v) is 7.58. The minimum atomic E-state index is 0.199. The third-order valence-corrected chi connectivity index (χ3v) is 4.01. The molecule has 3 heteroatoms. The normalized spacial score (nSPS) is 23.0. The van der Waals surface area contributed by atoms with Crippen LogP contribution in [0.2, 0.25) is 0 Å². The molecule has 112 valence electrons. The molecule has 1 atom stereocenters. The maximum atomic E-state index is 5.80. The van der Waals surface area contributed by atoms with E-state index in [4.69, 9.17) is 4.74 Å². The molecule has 2 rings (SSSR count). The van der Waals surface area contributed by atoms with Crippen molar-refractivity contribution >= 4 is 0 Å². The van der Waals surface area contributed by atoms with Crippen molar-refractivity contribution < 1.29 is 4.74 Å². The lowest BCUT2D eigenvalue weighted by Gasteiger charge is -2.24. The zero-order valence-corrected chi connectivity index (χ0v) is 13.3. The summed E-state index contributed by atoms with van der Waals surface area (Å²) in [5, 5.41) is 6.96. The van der Waals surface area contributed by atoms with Crippen molar-refractivity contribution in [3.63, 3.8) is 0 Å². The van der Waals surface area contributed by atoms with E-state index < -0.39 is 0 Å². The van der Waals surface area contributed by atoms with E-state index in [-0.39, 0.29) is 11.0 Å². The summed E-state index contributed by atoms with van der Waals surface area (Å²) in [5.74, 6) is 0.953. The molecule has 0 aliphatic carbocycles. The van der Waals surface area contributed by atoms with Crippen LogP contribution >= 0.6 is 0 Å². The Kier molecular flexibility index (Phi) is 4.71. The van der Waals surface area contributed by atoms with Crippen LogP contribution in [0, 0.1) is 0 Å². The Balaban J connectivity index is 1.74. The fraction of sp³-hybridized carbons (Fsp3) is 0.647.